The fourth-order valence-corrected chi connectivity index (χ4v) is 2.61. The molecule has 0 saturated carbocycles. The zero-order valence-corrected chi connectivity index (χ0v) is 12.8. The zero-order chi connectivity index (χ0) is 14.9. The molecule has 1 amide bonds. The summed E-state index contributed by atoms with van der Waals surface area (Å²) in [7, 11) is 0. The molecule has 0 aromatic heterocycles. The van der Waals surface area contributed by atoms with Crippen LogP contribution in [0, 0.1) is 5.92 Å². The highest BCUT2D eigenvalue weighted by Gasteiger charge is 2.16. The van der Waals surface area contributed by atoms with Crippen LogP contribution in [0.3, 0.4) is 0 Å². The summed E-state index contributed by atoms with van der Waals surface area (Å²) in [6.07, 6.45) is 2.80. The SMILES string of the molecule is CC(COCc1ccccc1)NC(=O)CCC1CCNC1. The number of rotatable bonds is 8. The maximum Gasteiger partial charge on any atom is 0.220 e. The Morgan fingerprint density at radius 1 is 1.43 bits per heavy atom. The van der Waals surface area contributed by atoms with Gasteiger partial charge in [0, 0.05) is 12.5 Å². The van der Waals surface area contributed by atoms with Crippen molar-refractivity contribution in [3.05, 3.63) is 35.9 Å². The lowest BCUT2D eigenvalue weighted by molar-refractivity contribution is -0.122. The number of benzene rings is 1. The normalized spacial score (nSPS) is 19.4. The third-order valence-corrected chi connectivity index (χ3v) is 3.83. The van der Waals surface area contributed by atoms with Crippen LogP contribution in [0.5, 0.6) is 0 Å². The second-order valence-electron chi connectivity index (χ2n) is 5.87. The molecule has 1 aromatic rings. The van der Waals surface area contributed by atoms with E-state index in [1.54, 1.807) is 0 Å². The minimum atomic E-state index is 0.0583. The van der Waals surface area contributed by atoms with E-state index in [2.05, 4.69) is 10.6 Å². The van der Waals surface area contributed by atoms with Crippen molar-refractivity contribution in [1.82, 2.24) is 10.6 Å². The first-order valence-corrected chi connectivity index (χ1v) is 7.86. The van der Waals surface area contributed by atoms with Crippen LogP contribution in [0.25, 0.3) is 0 Å². The van der Waals surface area contributed by atoms with Crippen LogP contribution in [0.4, 0.5) is 0 Å². The molecule has 1 heterocycles. The number of hydrogen-bond donors (Lipinski definition) is 2. The lowest BCUT2D eigenvalue weighted by Gasteiger charge is -2.15. The van der Waals surface area contributed by atoms with Gasteiger partial charge in [-0.15, -0.1) is 0 Å². The summed E-state index contributed by atoms with van der Waals surface area (Å²) < 4.78 is 5.64. The highest BCUT2D eigenvalue weighted by Crippen LogP contribution is 2.14. The van der Waals surface area contributed by atoms with Gasteiger partial charge in [0.2, 0.25) is 5.91 Å². The van der Waals surface area contributed by atoms with Crippen molar-refractivity contribution in [3.8, 4) is 0 Å². The highest BCUT2D eigenvalue weighted by molar-refractivity contribution is 5.76. The third-order valence-electron chi connectivity index (χ3n) is 3.83. The van der Waals surface area contributed by atoms with Gasteiger partial charge in [-0.1, -0.05) is 30.3 Å². The van der Waals surface area contributed by atoms with Gasteiger partial charge >= 0.3 is 0 Å². The first-order chi connectivity index (χ1) is 10.2. The van der Waals surface area contributed by atoms with Crippen LogP contribution in [-0.2, 0) is 16.1 Å². The van der Waals surface area contributed by atoms with Crippen LogP contribution >= 0.6 is 0 Å². The number of carbonyl (C=O) groups excluding carboxylic acids is 1. The molecule has 1 saturated heterocycles. The molecule has 2 N–H and O–H groups in total. The first kappa shape index (κ1) is 16.0. The molecule has 1 aromatic carbocycles. The third kappa shape index (κ3) is 6.27. The van der Waals surface area contributed by atoms with Gasteiger partial charge in [-0.3, -0.25) is 4.79 Å². The number of amides is 1. The molecule has 2 unspecified atom stereocenters. The lowest BCUT2D eigenvalue weighted by atomic mass is 10.0. The molecule has 1 fully saturated rings. The number of ether oxygens (including phenoxy) is 1. The Morgan fingerprint density at radius 3 is 2.95 bits per heavy atom. The summed E-state index contributed by atoms with van der Waals surface area (Å²) in [5, 5.41) is 6.33. The summed E-state index contributed by atoms with van der Waals surface area (Å²) in [6, 6.07) is 10.1. The van der Waals surface area contributed by atoms with Crippen LogP contribution in [-0.4, -0.2) is 31.6 Å². The van der Waals surface area contributed by atoms with E-state index in [9.17, 15) is 4.79 Å². The van der Waals surface area contributed by atoms with Crippen molar-refractivity contribution in [2.45, 2.75) is 38.8 Å². The molecule has 116 valence electrons. The first-order valence-electron chi connectivity index (χ1n) is 7.86. The standard InChI is InChI=1S/C17H26N2O2/c1-14(12-21-13-16-5-3-2-4-6-16)19-17(20)8-7-15-9-10-18-11-15/h2-6,14-15,18H,7-13H2,1H3,(H,19,20). The van der Waals surface area contributed by atoms with Gasteiger partial charge in [0.25, 0.3) is 0 Å². The van der Waals surface area contributed by atoms with E-state index < -0.39 is 0 Å². The maximum absolute atomic E-state index is 11.9. The summed E-state index contributed by atoms with van der Waals surface area (Å²) in [5.74, 6) is 0.804. The average molecular weight is 290 g/mol. The van der Waals surface area contributed by atoms with Gasteiger partial charge in [0.1, 0.15) is 0 Å². The Hall–Kier alpha value is -1.39. The van der Waals surface area contributed by atoms with Gasteiger partial charge in [-0.25, -0.2) is 0 Å². The molecular weight excluding hydrogens is 264 g/mol. The topological polar surface area (TPSA) is 50.4 Å². The van der Waals surface area contributed by atoms with Crippen molar-refractivity contribution in [3.63, 3.8) is 0 Å². The van der Waals surface area contributed by atoms with E-state index in [-0.39, 0.29) is 11.9 Å². The van der Waals surface area contributed by atoms with Gasteiger partial charge in [-0.05, 0) is 44.3 Å². The number of carbonyl (C=O) groups is 1. The van der Waals surface area contributed by atoms with Crippen molar-refractivity contribution >= 4 is 5.91 Å². The van der Waals surface area contributed by atoms with Crippen LogP contribution in [0.2, 0.25) is 0 Å². The van der Waals surface area contributed by atoms with Gasteiger partial charge < -0.3 is 15.4 Å². The van der Waals surface area contributed by atoms with Gasteiger partial charge in [0.15, 0.2) is 0 Å². The van der Waals surface area contributed by atoms with Crippen LogP contribution in [0.1, 0.15) is 31.7 Å². The summed E-state index contributed by atoms with van der Waals surface area (Å²) in [4.78, 5) is 11.9. The highest BCUT2D eigenvalue weighted by atomic mass is 16.5. The van der Waals surface area contributed by atoms with Crippen LogP contribution in [0.15, 0.2) is 30.3 Å². The van der Waals surface area contributed by atoms with Gasteiger partial charge in [-0.2, -0.15) is 0 Å². The quantitative estimate of drug-likeness (QED) is 0.771. The molecule has 0 spiro atoms. The van der Waals surface area contributed by atoms with E-state index >= 15 is 0 Å². The van der Waals surface area contributed by atoms with Crippen molar-refractivity contribution in [1.29, 1.82) is 0 Å². The molecule has 2 atom stereocenters. The molecule has 1 aliphatic heterocycles. The molecular formula is C17H26N2O2. The van der Waals surface area contributed by atoms with E-state index in [4.69, 9.17) is 4.74 Å². The Kier molecular flexibility index (Phi) is 6.70. The van der Waals surface area contributed by atoms with Crippen molar-refractivity contribution < 1.29 is 9.53 Å². The Bertz CT molecular complexity index is 416. The Balaban J connectivity index is 1.55. The second-order valence-corrected chi connectivity index (χ2v) is 5.87. The largest absolute Gasteiger partial charge is 0.375 e. The molecule has 21 heavy (non-hydrogen) atoms. The summed E-state index contributed by atoms with van der Waals surface area (Å²) >= 11 is 0. The van der Waals surface area contributed by atoms with E-state index in [0.29, 0.717) is 25.6 Å². The fraction of sp³-hybridized carbons (Fsp3) is 0.588. The summed E-state index contributed by atoms with van der Waals surface area (Å²) in [5.41, 5.74) is 1.16. The molecule has 0 aliphatic carbocycles. The second kappa shape index (κ2) is 8.80. The zero-order valence-electron chi connectivity index (χ0n) is 12.8. The molecule has 2 rings (SSSR count). The van der Waals surface area contributed by atoms with E-state index in [0.717, 1.165) is 25.1 Å². The molecule has 4 heteroatoms. The van der Waals surface area contributed by atoms with E-state index in [1.165, 1.54) is 6.42 Å². The predicted molar refractivity (Wildman–Crippen MR) is 83.9 cm³/mol. The lowest BCUT2D eigenvalue weighted by Crippen LogP contribution is -2.36. The van der Waals surface area contributed by atoms with E-state index in [1.807, 2.05) is 37.3 Å². The molecule has 4 nitrogen and oxygen atoms in total. The van der Waals surface area contributed by atoms with Crippen molar-refractivity contribution in [2.24, 2.45) is 5.92 Å². The number of nitrogens with one attached hydrogen (secondary N) is 2. The Labute approximate surface area is 127 Å². The molecule has 1 aliphatic rings. The minimum Gasteiger partial charge on any atom is -0.375 e. The fourth-order valence-electron chi connectivity index (χ4n) is 2.61. The molecule has 0 bridgehead atoms. The minimum absolute atomic E-state index is 0.0583. The van der Waals surface area contributed by atoms with Gasteiger partial charge in [0.05, 0.1) is 13.2 Å². The van der Waals surface area contributed by atoms with Crippen molar-refractivity contribution in [2.75, 3.05) is 19.7 Å². The predicted octanol–water partition coefficient (Wildman–Crippen LogP) is 2.10. The average Bonchev–Trinajstić information content (AvgIpc) is 2.99. The number of hydrogen-bond acceptors (Lipinski definition) is 3. The smallest absolute Gasteiger partial charge is 0.220 e. The molecule has 0 radical (unpaired) electrons. The van der Waals surface area contributed by atoms with Crippen LogP contribution < -0.4 is 10.6 Å². The monoisotopic (exact) mass is 290 g/mol. The maximum atomic E-state index is 11.9. The summed E-state index contributed by atoms with van der Waals surface area (Å²) in [6.45, 7) is 5.28. The Morgan fingerprint density at radius 2 is 2.24 bits per heavy atom.